The molecule has 0 saturated heterocycles. The van der Waals surface area contributed by atoms with Gasteiger partial charge in [-0.05, 0) is 6.92 Å². The Balaban J connectivity index is 0. The van der Waals surface area contributed by atoms with Crippen LogP contribution in [-0.2, 0) is 20.2 Å². The van der Waals surface area contributed by atoms with Gasteiger partial charge in [0.15, 0.2) is 0 Å². The Bertz CT molecular complexity index is 267. The van der Waals surface area contributed by atoms with E-state index in [0.29, 0.717) is 6.92 Å². The summed E-state index contributed by atoms with van der Waals surface area (Å²) < 4.78 is 53.9. The third-order valence-electron chi connectivity index (χ3n) is 0.839. The van der Waals surface area contributed by atoms with Gasteiger partial charge in [0.25, 0.3) is 20.2 Å². The maximum atomic E-state index is 9.99. The van der Waals surface area contributed by atoms with Crippen molar-refractivity contribution in [3.8, 4) is 0 Å². The van der Waals surface area contributed by atoms with Crippen LogP contribution in [0.25, 0.3) is 0 Å². The van der Waals surface area contributed by atoms with Crippen LogP contribution in [-0.4, -0.2) is 81.9 Å². The van der Waals surface area contributed by atoms with E-state index in [1.807, 2.05) is 0 Å². The zero-order chi connectivity index (χ0) is 8.58. The van der Waals surface area contributed by atoms with E-state index < -0.39 is 24.8 Å². The van der Waals surface area contributed by atoms with E-state index in [-0.39, 0.29) is 51.4 Å². The molecule has 64 valence electrons. The number of rotatable bonds is 2. The van der Waals surface area contributed by atoms with Crippen LogP contribution in [0.1, 0.15) is 6.92 Å². The van der Waals surface area contributed by atoms with Gasteiger partial charge in [-0.3, -0.25) is 9.11 Å². The Morgan fingerprint density at radius 3 is 1.18 bits per heavy atom. The summed E-state index contributed by atoms with van der Waals surface area (Å²) in [6, 6.07) is 0. The molecular formula is C2H7KO6S2. The van der Waals surface area contributed by atoms with E-state index in [0.717, 1.165) is 0 Å². The van der Waals surface area contributed by atoms with Crippen LogP contribution in [0.4, 0.5) is 0 Å². The monoisotopic (exact) mass is 230 g/mol. The van der Waals surface area contributed by atoms with Gasteiger partial charge in [0.2, 0.25) is 4.58 Å². The molecule has 0 radical (unpaired) electrons. The second-order valence-corrected chi connectivity index (χ2v) is 5.37. The Morgan fingerprint density at radius 2 is 1.18 bits per heavy atom. The molecule has 2 N–H and O–H groups in total. The minimum absolute atomic E-state index is 0. The zero-order valence-corrected chi connectivity index (χ0v) is 6.55. The van der Waals surface area contributed by atoms with Gasteiger partial charge in [0.1, 0.15) is 0 Å². The molecule has 0 aromatic heterocycles. The van der Waals surface area contributed by atoms with Crippen molar-refractivity contribution in [3.05, 3.63) is 0 Å². The van der Waals surface area contributed by atoms with Gasteiger partial charge < -0.3 is 0 Å². The summed E-state index contributed by atoms with van der Waals surface area (Å²) in [5, 5.41) is 0. The number of hydrogen-bond donors (Lipinski definition) is 2. The van der Waals surface area contributed by atoms with Crippen LogP contribution in [0.2, 0.25) is 0 Å². The molecule has 0 aliphatic heterocycles. The topological polar surface area (TPSA) is 109 Å². The van der Waals surface area contributed by atoms with Gasteiger partial charge in [0.05, 0.1) is 0 Å². The van der Waals surface area contributed by atoms with Gasteiger partial charge in [-0.2, -0.15) is 16.8 Å². The molecule has 0 unspecified atom stereocenters. The van der Waals surface area contributed by atoms with Crippen molar-refractivity contribution >= 4 is 71.6 Å². The standard InChI is InChI=1S/C2H6O6S2.K.H/c1-2(9(3,4)5)10(6,7)8;;/h2H,1H3,(H,3,4,5)(H,6,7,8);;. The molecule has 0 atom stereocenters. The predicted octanol–water partition coefficient (Wildman–Crippen LogP) is -1.54. The average Bonchev–Trinajstić information content (AvgIpc) is 1.59. The maximum absolute atomic E-state index is 9.99. The van der Waals surface area contributed by atoms with Crippen LogP contribution < -0.4 is 0 Å². The van der Waals surface area contributed by atoms with E-state index in [9.17, 15) is 16.8 Å². The van der Waals surface area contributed by atoms with E-state index in [1.54, 1.807) is 0 Å². The first-order valence-corrected chi connectivity index (χ1v) is 5.09. The van der Waals surface area contributed by atoms with Crippen LogP contribution in [0.15, 0.2) is 0 Å². The van der Waals surface area contributed by atoms with Crippen molar-refractivity contribution in [1.82, 2.24) is 0 Å². The normalized spacial score (nSPS) is 12.7. The fourth-order valence-corrected chi connectivity index (χ4v) is 1.38. The van der Waals surface area contributed by atoms with Gasteiger partial charge in [0, 0.05) is 0 Å². The van der Waals surface area contributed by atoms with Crippen LogP contribution in [0.3, 0.4) is 0 Å². The Morgan fingerprint density at radius 1 is 1.00 bits per heavy atom. The van der Waals surface area contributed by atoms with Crippen molar-refractivity contribution in [2.75, 3.05) is 0 Å². The molecule has 0 aliphatic carbocycles. The Labute approximate surface area is 107 Å². The molecule has 0 spiro atoms. The first-order chi connectivity index (χ1) is 4.15. The number of hydrogen-bond acceptors (Lipinski definition) is 4. The molecule has 0 bridgehead atoms. The van der Waals surface area contributed by atoms with Gasteiger partial charge in [-0.1, -0.05) is 0 Å². The molecule has 0 amide bonds. The van der Waals surface area contributed by atoms with E-state index in [4.69, 9.17) is 9.11 Å². The first-order valence-electron chi connectivity index (χ1n) is 2.08. The van der Waals surface area contributed by atoms with Crippen molar-refractivity contribution < 1.29 is 25.9 Å². The summed E-state index contributed by atoms with van der Waals surface area (Å²) in [6.07, 6.45) is 0. The molecule has 0 aromatic rings. The second-order valence-electron chi connectivity index (χ2n) is 1.60. The van der Waals surface area contributed by atoms with Gasteiger partial charge in [-0.25, -0.2) is 0 Å². The second kappa shape index (κ2) is 4.63. The van der Waals surface area contributed by atoms with Crippen molar-refractivity contribution in [1.29, 1.82) is 0 Å². The zero-order valence-electron chi connectivity index (χ0n) is 4.92. The van der Waals surface area contributed by atoms with Crippen LogP contribution in [0, 0.1) is 0 Å². The fraction of sp³-hybridized carbons (Fsp3) is 1.00. The Hall–Kier alpha value is 1.46. The average molecular weight is 230 g/mol. The van der Waals surface area contributed by atoms with Crippen molar-refractivity contribution in [3.63, 3.8) is 0 Å². The first kappa shape index (κ1) is 15.0. The Kier molecular flexibility index (Phi) is 6.29. The molecule has 0 fully saturated rings. The summed E-state index contributed by atoms with van der Waals surface area (Å²) in [5.74, 6) is 0. The summed E-state index contributed by atoms with van der Waals surface area (Å²) >= 11 is 0. The SMILES string of the molecule is CC(S(=O)(=O)O)S(=O)(=O)O.[KH]. The predicted molar refractivity (Wildman–Crippen MR) is 39.7 cm³/mol. The molecule has 0 saturated carbocycles. The summed E-state index contributed by atoms with van der Waals surface area (Å²) in [4.78, 5) is 0. The quantitative estimate of drug-likeness (QED) is 0.439. The van der Waals surface area contributed by atoms with E-state index in [1.165, 1.54) is 0 Å². The van der Waals surface area contributed by atoms with Crippen molar-refractivity contribution in [2.24, 2.45) is 0 Å². The molecular weight excluding hydrogens is 223 g/mol. The molecule has 9 heteroatoms. The van der Waals surface area contributed by atoms with Crippen molar-refractivity contribution in [2.45, 2.75) is 11.5 Å². The molecule has 11 heavy (non-hydrogen) atoms. The molecule has 0 heterocycles. The van der Waals surface area contributed by atoms with E-state index in [2.05, 4.69) is 0 Å². The molecule has 0 rings (SSSR count). The summed E-state index contributed by atoms with van der Waals surface area (Å²) in [5.41, 5.74) is 0. The summed E-state index contributed by atoms with van der Waals surface area (Å²) in [7, 11) is -9.40. The van der Waals surface area contributed by atoms with Crippen LogP contribution in [0.5, 0.6) is 0 Å². The molecule has 0 aliphatic rings. The fourth-order valence-electron chi connectivity index (χ4n) is 0.154. The minimum atomic E-state index is -4.70. The molecule has 6 nitrogen and oxygen atoms in total. The van der Waals surface area contributed by atoms with Gasteiger partial charge >= 0.3 is 51.4 Å². The van der Waals surface area contributed by atoms with Gasteiger partial charge in [-0.15, -0.1) is 0 Å². The van der Waals surface area contributed by atoms with Crippen LogP contribution >= 0.6 is 0 Å². The summed E-state index contributed by atoms with van der Waals surface area (Å²) in [6.45, 7) is 0.657. The third kappa shape index (κ3) is 5.66. The third-order valence-corrected chi connectivity index (χ3v) is 3.98. The van der Waals surface area contributed by atoms with E-state index >= 15 is 0 Å². The molecule has 0 aromatic carbocycles.